The summed E-state index contributed by atoms with van der Waals surface area (Å²) in [6.07, 6.45) is 0. The van der Waals surface area contributed by atoms with E-state index in [2.05, 4.69) is 10.3 Å². The molecule has 7 heteroatoms. The smallest absolute Gasteiger partial charge is 0.339 e. The van der Waals surface area contributed by atoms with Crippen LogP contribution in [-0.2, 0) is 7.05 Å². The maximum atomic E-state index is 12.3. The van der Waals surface area contributed by atoms with Crippen LogP contribution in [0.15, 0.2) is 28.0 Å². The summed E-state index contributed by atoms with van der Waals surface area (Å²) in [5, 5.41) is 2.43. The van der Waals surface area contributed by atoms with Gasteiger partial charge in [0.15, 0.2) is 0 Å². The van der Waals surface area contributed by atoms with Crippen LogP contribution >= 0.6 is 11.5 Å². The third kappa shape index (κ3) is 2.44. The summed E-state index contributed by atoms with van der Waals surface area (Å²) in [6, 6.07) is 5.31. The van der Waals surface area contributed by atoms with Crippen molar-refractivity contribution < 1.29 is 4.79 Å². The lowest BCUT2D eigenvalue weighted by Gasteiger charge is -2.09. The highest BCUT2D eigenvalue weighted by molar-refractivity contribution is 7.03. The van der Waals surface area contributed by atoms with Gasteiger partial charge in [0.05, 0.1) is 5.69 Å². The summed E-state index contributed by atoms with van der Waals surface area (Å²) >= 11 is 1.14. The Labute approximate surface area is 120 Å². The molecule has 0 atom stereocenters. The topological polar surface area (TPSA) is 68.4 Å². The Balaban J connectivity index is 2.84. The van der Waals surface area contributed by atoms with E-state index >= 15 is 0 Å². The Bertz CT molecular complexity index is 762. The zero-order valence-electron chi connectivity index (χ0n) is 11.8. The van der Waals surface area contributed by atoms with Gasteiger partial charge in [-0.2, -0.15) is 4.99 Å². The molecule has 0 aliphatic rings. The number of amides is 2. The average Bonchev–Trinajstić information content (AvgIpc) is 2.66. The van der Waals surface area contributed by atoms with Gasteiger partial charge in [0, 0.05) is 14.1 Å². The number of carbonyl (C=O) groups excluding carboxylic acids is 1. The highest BCUT2D eigenvalue weighted by atomic mass is 32.1. The molecular weight excluding hydrogens is 276 g/mol. The van der Waals surface area contributed by atoms with Crippen LogP contribution < -0.4 is 15.8 Å². The summed E-state index contributed by atoms with van der Waals surface area (Å²) in [7, 11) is 3.15. The van der Waals surface area contributed by atoms with E-state index in [-0.39, 0.29) is 5.69 Å². The summed E-state index contributed by atoms with van der Waals surface area (Å²) in [5.74, 6) is 0. The maximum absolute atomic E-state index is 12.3. The first kappa shape index (κ1) is 14.3. The number of hydrogen-bond donors (Lipinski definition) is 1. The first-order chi connectivity index (χ1) is 9.45. The molecule has 106 valence electrons. The molecule has 1 heterocycles. The second-order valence-electron chi connectivity index (χ2n) is 4.40. The molecule has 1 N–H and O–H groups in total. The van der Waals surface area contributed by atoms with Gasteiger partial charge in [-0.25, -0.2) is 18.1 Å². The van der Waals surface area contributed by atoms with Crippen LogP contribution in [0, 0.1) is 13.8 Å². The van der Waals surface area contributed by atoms with Crippen molar-refractivity contribution in [3.63, 3.8) is 0 Å². The Morgan fingerprint density at radius 3 is 2.45 bits per heavy atom. The minimum absolute atomic E-state index is 0.213. The predicted octanol–water partition coefficient (Wildman–Crippen LogP) is 1.09. The van der Waals surface area contributed by atoms with Crippen LogP contribution in [0.2, 0.25) is 0 Å². The molecule has 0 aliphatic carbocycles. The van der Waals surface area contributed by atoms with Crippen molar-refractivity contribution in [3.8, 4) is 5.69 Å². The maximum Gasteiger partial charge on any atom is 0.344 e. The zero-order chi connectivity index (χ0) is 14.9. The molecule has 0 saturated carbocycles. The van der Waals surface area contributed by atoms with Crippen molar-refractivity contribution >= 4 is 17.6 Å². The second kappa shape index (κ2) is 5.46. The van der Waals surface area contributed by atoms with Crippen LogP contribution in [0.1, 0.15) is 11.1 Å². The molecule has 0 saturated heterocycles. The number of nitrogens with one attached hydrogen (secondary N) is 1. The Morgan fingerprint density at radius 2 is 1.90 bits per heavy atom. The Morgan fingerprint density at radius 1 is 1.30 bits per heavy atom. The van der Waals surface area contributed by atoms with E-state index in [0.717, 1.165) is 28.3 Å². The molecule has 0 aliphatic heterocycles. The van der Waals surface area contributed by atoms with Gasteiger partial charge in [-0.05, 0) is 36.5 Å². The third-order valence-corrected chi connectivity index (χ3v) is 3.81. The van der Waals surface area contributed by atoms with E-state index < -0.39 is 6.03 Å². The van der Waals surface area contributed by atoms with E-state index in [1.54, 1.807) is 7.05 Å². The summed E-state index contributed by atoms with van der Waals surface area (Å²) < 4.78 is 2.93. The molecule has 0 bridgehead atoms. The SMILES string of the molecule is CNC(=O)/N=c1\sn(C)c(=O)n1-c1c(C)cccc1C. The van der Waals surface area contributed by atoms with Crippen molar-refractivity contribution in [1.29, 1.82) is 0 Å². The van der Waals surface area contributed by atoms with Gasteiger partial charge in [-0.1, -0.05) is 18.2 Å². The van der Waals surface area contributed by atoms with Crippen LogP contribution in [0.3, 0.4) is 0 Å². The third-order valence-electron chi connectivity index (χ3n) is 2.94. The summed E-state index contributed by atoms with van der Waals surface area (Å²) in [5.41, 5.74) is 2.48. The predicted molar refractivity (Wildman–Crippen MR) is 78.4 cm³/mol. The van der Waals surface area contributed by atoms with Gasteiger partial charge in [0.1, 0.15) is 0 Å². The van der Waals surface area contributed by atoms with Crippen molar-refractivity contribution in [3.05, 3.63) is 44.6 Å². The molecule has 0 spiro atoms. The monoisotopic (exact) mass is 292 g/mol. The Kier molecular flexibility index (Phi) is 3.89. The van der Waals surface area contributed by atoms with Gasteiger partial charge in [0.2, 0.25) is 4.80 Å². The molecule has 6 nitrogen and oxygen atoms in total. The van der Waals surface area contributed by atoms with Gasteiger partial charge >= 0.3 is 11.7 Å². The quantitative estimate of drug-likeness (QED) is 0.855. The molecular formula is C13H16N4O2S. The van der Waals surface area contributed by atoms with Gasteiger partial charge in [-0.15, -0.1) is 0 Å². The number of carbonyl (C=O) groups is 1. The molecule has 20 heavy (non-hydrogen) atoms. The largest absolute Gasteiger partial charge is 0.344 e. The second-order valence-corrected chi connectivity index (χ2v) is 5.49. The average molecular weight is 292 g/mol. The van der Waals surface area contributed by atoms with Crippen molar-refractivity contribution in [2.24, 2.45) is 12.0 Å². The molecule has 2 aromatic rings. The van der Waals surface area contributed by atoms with Crippen LogP contribution in [0.5, 0.6) is 0 Å². The molecule has 1 aromatic heterocycles. The number of aryl methyl sites for hydroxylation is 3. The van der Waals surface area contributed by atoms with Gasteiger partial charge in [-0.3, -0.25) is 0 Å². The number of nitrogens with zero attached hydrogens (tertiary/aromatic N) is 3. The number of para-hydroxylation sites is 1. The van der Waals surface area contributed by atoms with E-state index in [4.69, 9.17) is 0 Å². The number of urea groups is 1. The zero-order valence-corrected chi connectivity index (χ0v) is 12.6. The summed E-state index contributed by atoms with van der Waals surface area (Å²) in [4.78, 5) is 28.1. The fraction of sp³-hybridized carbons (Fsp3) is 0.308. The summed E-state index contributed by atoms with van der Waals surface area (Å²) in [6.45, 7) is 3.85. The number of benzene rings is 1. The lowest BCUT2D eigenvalue weighted by atomic mass is 10.1. The van der Waals surface area contributed by atoms with E-state index in [0.29, 0.717) is 4.80 Å². The van der Waals surface area contributed by atoms with Crippen LogP contribution in [0.25, 0.3) is 5.69 Å². The molecule has 0 fully saturated rings. The lowest BCUT2D eigenvalue weighted by Crippen LogP contribution is -2.30. The molecule has 0 unspecified atom stereocenters. The minimum atomic E-state index is -0.480. The van der Waals surface area contributed by atoms with E-state index in [9.17, 15) is 9.59 Å². The minimum Gasteiger partial charge on any atom is -0.339 e. The highest BCUT2D eigenvalue weighted by Crippen LogP contribution is 2.15. The fourth-order valence-corrected chi connectivity index (χ4v) is 2.77. The van der Waals surface area contributed by atoms with Gasteiger partial charge in [0.25, 0.3) is 0 Å². The van der Waals surface area contributed by atoms with E-state index in [1.807, 2.05) is 32.0 Å². The fourth-order valence-electron chi connectivity index (χ4n) is 1.99. The lowest BCUT2D eigenvalue weighted by molar-refractivity contribution is 0.250. The molecule has 1 aromatic carbocycles. The van der Waals surface area contributed by atoms with Crippen molar-refractivity contribution in [2.45, 2.75) is 13.8 Å². The normalized spacial score (nSPS) is 11.7. The Hall–Kier alpha value is -2.15. The van der Waals surface area contributed by atoms with E-state index in [1.165, 1.54) is 15.6 Å². The number of rotatable bonds is 1. The van der Waals surface area contributed by atoms with Crippen LogP contribution in [-0.4, -0.2) is 21.6 Å². The van der Waals surface area contributed by atoms with Crippen molar-refractivity contribution in [2.75, 3.05) is 7.05 Å². The van der Waals surface area contributed by atoms with Gasteiger partial charge < -0.3 is 5.32 Å². The highest BCUT2D eigenvalue weighted by Gasteiger charge is 2.13. The molecule has 2 amide bonds. The standard InChI is InChI=1S/C13H16N4O2S/c1-8-6-5-7-9(2)10(8)17-12(15-11(18)14-3)20-16(4)13(17)19/h5-7H,1-4H3,(H,14,18)/b15-12-. The number of hydrogen-bond acceptors (Lipinski definition) is 3. The van der Waals surface area contributed by atoms with Crippen molar-refractivity contribution in [1.82, 2.24) is 13.8 Å². The first-order valence-electron chi connectivity index (χ1n) is 6.08. The molecule has 2 rings (SSSR count). The first-order valence-corrected chi connectivity index (χ1v) is 6.85. The number of aromatic nitrogens is 2. The molecule has 0 radical (unpaired) electrons. The van der Waals surface area contributed by atoms with Crippen LogP contribution in [0.4, 0.5) is 4.79 Å².